The average Bonchev–Trinajstić information content (AvgIpc) is 3.04. The lowest BCUT2D eigenvalue weighted by Gasteiger charge is -2.10. The van der Waals surface area contributed by atoms with Gasteiger partial charge < -0.3 is 4.74 Å². The first-order valence-electron chi connectivity index (χ1n) is 5.50. The SMILES string of the molecule is CCOc1cccc(C(=O)C2CC2)c1C. The van der Waals surface area contributed by atoms with Crippen LogP contribution in [0.2, 0.25) is 0 Å². The minimum Gasteiger partial charge on any atom is -0.494 e. The van der Waals surface area contributed by atoms with E-state index in [2.05, 4.69) is 0 Å². The fourth-order valence-electron chi connectivity index (χ4n) is 1.76. The van der Waals surface area contributed by atoms with E-state index in [-0.39, 0.29) is 11.7 Å². The number of hydrogen-bond acceptors (Lipinski definition) is 2. The monoisotopic (exact) mass is 204 g/mol. The standard InChI is InChI=1S/C13H16O2/c1-3-15-12-6-4-5-11(9(12)2)13(14)10-7-8-10/h4-6,10H,3,7-8H2,1-2H3. The number of rotatable bonds is 4. The third kappa shape index (κ3) is 2.04. The van der Waals surface area contributed by atoms with Gasteiger partial charge in [0.25, 0.3) is 0 Å². The summed E-state index contributed by atoms with van der Waals surface area (Å²) in [7, 11) is 0. The first kappa shape index (κ1) is 10.2. The van der Waals surface area contributed by atoms with E-state index in [1.807, 2.05) is 32.0 Å². The summed E-state index contributed by atoms with van der Waals surface area (Å²) >= 11 is 0. The zero-order chi connectivity index (χ0) is 10.8. The van der Waals surface area contributed by atoms with Gasteiger partial charge in [-0.25, -0.2) is 0 Å². The number of carbonyl (C=O) groups is 1. The second kappa shape index (κ2) is 4.05. The van der Waals surface area contributed by atoms with Crippen LogP contribution >= 0.6 is 0 Å². The molecule has 0 spiro atoms. The maximum absolute atomic E-state index is 11.9. The van der Waals surface area contributed by atoms with Crippen molar-refractivity contribution in [2.45, 2.75) is 26.7 Å². The normalized spacial score (nSPS) is 15.1. The highest BCUT2D eigenvalue weighted by atomic mass is 16.5. The molecule has 0 radical (unpaired) electrons. The fourth-order valence-corrected chi connectivity index (χ4v) is 1.76. The summed E-state index contributed by atoms with van der Waals surface area (Å²) in [6.45, 7) is 4.55. The topological polar surface area (TPSA) is 26.3 Å². The number of Topliss-reactive ketones (excluding diaryl/α,β-unsaturated/α-hetero) is 1. The van der Waals surface area contributed by atoms with Crippen molar-refractivity contribution < 1.29 is 9.53 Å². The molecule has 80 valence electrons. The highest BCUT2D eigenvalue weighted by molar-refractivity contribution is 6.00. The Labute approximate surface area is 90.3 Å². The van der Waals surface area contributed by atoms with Gasteiger partial charge in [-0.1, -0.05) is 12.1 Å². The van der Waals surface area contributed by atoms with Gasteiger partial charge in [-0.15, -0.1) is 0 Å². The van der Waals surface area contributed by atoms with Crippen molar-refractivity contribution in [2.75, 3.05) is 6.61 Å². The molecule has 1 aromatic rings. The van der Waals surface area contributed by atoms with E-state index in [1.165, 1.54) is 0 Å². The summed E-state index contributed by atoms with van der Waals surface area (Å²) in [6.07, 6.45) is 2.11. The predicted octanol–water partition coefficient (Wildman–Crippen LogP) is 2.99. The summed E-state index contributed by atoms with van der Waals surface area (Å²) in [5.41, 5.74) is 1.82. The summed E-state index contributed by atoms with van der Waals surface area (Å²) in [5.74, 6) is 1.40. The second-order valence-electron chi connectivity index (χ2n) is 4.00. The number of carbonyl (C=O) groups excluding carboxylic acids is 1. The van der Waals surface area contributed by atoms with E-state index >= 15 is 0 Å². The summed E-state index contributed by atoms with van der Waals surface area (Å²) < 4.78 is 5.48. The molecule has 0 saturated heterocycles. The summed E-state index contributed by atoms with van der Waals surface area (Å²) in [4.78, 5) is 11.9. The fraction of sp³-hybridized carbons (Fsp3) is 0.462. The van der Waals surface area contributed by atoms with Gasteiger partial charge in [0.2, 0.25) is 0 Å². The molecular weight excluding hydrogens is 188 g/mol. The first-order valence-corrected chi connectivity index (χ1v) is 5.50. The van der Waals surface area contributed by atoms with Gasteiger partial charge in [-0.05, 0) is 32.8 Å². The molecule has 0 atom stereocenters. The molecule has 1 aliphatic rings. The van der Waals surface area contributed by atoms with E-state index in [0.29, 0.717) is 6.61 Å². The van der Waals surface area contributed by atoms with E-state index in [4.69, 9.17) is 4.74 Å². The molecule has 2 rings (SSSR count). The first-order chi connectivity index (χ1) is 7.24. The number of ether oxygens (including phenoxy) is 1. The van der Waals surface area contributed by atoms with E-state index in [1.54, 1.807) is 0 Å². The lowest BCUT2D eigenvalue weighted by atomic mass is 10.0. The highest BCUT2D eigenvalue weighted by Gasteiger charge is 2.31. The van der Waals surface area contributed by atoms with Gasteiger partial charge in [-0.3, -0.25) is 4.79 Å². The molecule has 0 unspecified atom stereocenters. The predicted molar refractivity (Wildman–Crippen MR) is 59.4 cm³/mol. The van der Waals surface area contributed by atoms with Crippen molar-refractivity contribution in [3.63, 3.8) is 0 Å². The Morgan fingerprint density at radius 3 is 2.80 bits per heavy atom. The zero-order valence-corrected chi connectivity index (χ0v) is 9.25. The molecule has 1 aliphatic carbocycles. The molecule has 1 fully saturated rings. The molecule has 2 heteroatoms. The van der Waals surface area contributed by atoms with Crippen molar-refractivity contribution in [1.82, 2.24) is 0 Å². The largest absolute Gasteiger partial charge is 0.494 e. The maximum atomic E-state index is 11.9. The van der Waals surface area contributed by atoms with Crippen LogP contribution in [0.3, 0.4) is 0 Å². The smallest absolute Gasteiger partial charge is 0.166 e. The van der Waals surface area contributed by atoms with Crippen LogP contribution in [-0.4, -0.2) is 12.4 Å². The van der Waals surface area contributed by atoms with Gasteiger partial charge in [0, 0.05) is 17.0 Å². The lowest BCUT2D eigenvalue weighted by molar-refractivity contribution is 0.0966. The Bertz CT molecular complexity index is 378. The second-order valence-corrected chi connectivity index (χ2v) is 4.00. The Balaban J connectivity index is 2.30. The molecule has 0 aromatic heterocycles. The zero-order valence-electron chi connectivity index (χ0n) is 9.25. The third-order valence-corrected chi connectivity index (χ3v) is 2.80. The lowest BCUT2D eigenvalue weighted by Crippen LogP contribution is -2.05. The molecule has 0 amide bonds. The molecule has 0 bridgehead atoms. The van der Waals surface area contributed by atoms with Crippen molar-refractivity contribution >= 4 is 5.78 Å². The average molecular weight is 204 g/mol. The van der Waals surface area contributed by atoms with E-state index in [9.17, 15) is 4.79 Å². The number of benzene rings is 1. The molecular formula is C13H16O2. The van der Waals surface area contributed by atoms with Crippen LogP contribution in [0.1, 0.15) is 35.7 Å². The van der Waals surface area contributed by atoms with Crippen molar-refractivity contribution in [1.29, 1.82) is 0 Å². The highest BCUT2D eigenvalue weighted by Crippen LogP contribution is 2.34. The Hall–Kier alpha value is -1.31. The Morgan fingerprint density at radius 2 is 2.20 bits per heavy atom. The molecule has 0 aliphatic heterocycles. The van der Waals surface area contributed by atoms with Gasteiger partial charge in [0.15, 0.2) is 5.78 Å². The van der Waals surface area contributed by atoms with Crippen LogP contribution < -0.4 is 4.74 Å². The van der Waals surface area contributed by atoms with Crippen LogP contribution in [0.15, 0.2) is 18.2 Å². The molecule has 0 N–H and O–H groups in total. The van der Waals surface area contributed by atoms with E-state index < -0.39 is 0 Å². The van der Waals surface area contributed by atoms with Crippen LogP contribution in [0.5, 0.6) is 5.75 Å². The molecule has 1 saturated carbocycles. The minimum atomic E-state index is 0.278. The van der Waals surface area contributed by atoms with Crippen LogP contribution in [0.25, 0.3) is 0 Å². The minimum absolute atomic E-state index is 0.278. The van der Waals surface area contributed by atoms with Crippen LogP contribution in [0, 0.1) is 12.8 Å². The Kier molecular flexibility index (Phi) is 2.76. The third-order valence-electron chi connectivity index (χ3n) is 2.80. The van der Waals surface area contributed by atoms with Crippen molar-refractivity contribution in [3.8, 4) is 5.75 Å². The maximum Gasteiger partial charge on any atom is 0.166 e. The van der Waals surface area contributed by atoms with Gasteiger partial charge in [0.05, 0.1) is 6.61 Å². The van der Waals surface area contributed by atoms with E-state index in [0.717, 1.165) is 29.7 Å². The molecule has 1 aromatic carbocycles. The molecule has 2 nitrogen and oxygen atoms in total. The van der Waals surface area contributed by atoms with Gasteiger partial charge >= 0.3 is 0 Å². The van der Waals surface area contributed by atoms with Gasteiger partial charge in [0.1, 0.15) is 5.75 Å². The summed E-state index contributed by atoms with van der Waals surface area (Å²) in [6, 6.07) is 5.72. The summed E-state index contributed by atoms with van der Waals surface area (Å²) in [5, 5.41) is 0. The van der Waals surface area contributed by atoms with Crippen molar-refractivity contribution in [2.24, 2.45) is 5.92 Å². The Morgan fingerprint density at radius 1 is 1.47 bits per heavy atom. The van der Waals surface area contributed by atoms with Crippen molar-refractivity contribution in [3.05, 3.63) is 29.3 Å². The van der Waals surface area contributed by atoms with Crippen LogP contribution in [0.4, 0.5) is 0 Å². The van der Waals surface area contributed by atoms with Crippen LogP contribution in [-0.2, 0) is 0 Å². The molecule has 0 heterocycles. The number of hydrogen-bond donors (Lipinski definition) is 0. The molecule has 15 heavy (non-hydrogen) atoms. The number of ketones is 1. The quantitative estimate of drug-likeness (QED) is 0.705. The van der Waals surface area contributed by atoms with Gasteiger partial charge in [-0.2, -0.15) is 0 Å².